The van der Waals surface area contributed by atoms with Crippen molar-refractivity contribution in [2.45, 2.75) is 32.6 Å². The summed E-state index contributed by atoms with van der Waals surface area (Å²) in [6.07, 6.45) is 2.77. The van der Waals surface area contributed by atoms with Gasteiger partial charge in [0.2, 0.25) is 0 Å². The second kappa shape index (κ2) is 7.38. The molecule has 0 spiro atoms. The van der Waals surface area contributed by atoms with E-state index < -0.39 is 17.3 Å². The van der Waals surface area contributed by atoms with Gasteiger partial charge in [-0.05, 0) is 50.1 Å². The van der Waals surface area contributed by atoms with E-state index in [1.54, 1.807) is 0 Å². The van der Waals surface area contributed by atoms with Gasteiger partial charge in [-0.1, -0.05) is 6.07 Å². The Morgan fingerprint density at radius 1 is 1.29 bits per heavy atom. The topological polar surface area (TPSA) is 50.9 Å². The molecule has 6 heteroatoms. The smallest absolute Gasteiger partial charge is 0.273 e. The number of nitrogens with one attached hydrogen (secondary N) is 1. The number of halogens is 3. The third kappa shape index (κ3) is 5.01. The van der Waals surface area contributed by atoms with Crippen LogP contribution in [0, 0.1) is 12.7 Å². The van der Waals surface area contributed by atoms with Crippen molar-refractivity contribution >= 4 is 5.69 Å². The molecule has 3 N–H and O–H groups in total. The molecule has 0 aliphatic carbocycles. The highest BCUT2D eigenvalue weighted by Crippen LogP contribution is 2.31. The molecule has 0 aliphatic rings. The van der Waals surface area contributed by atoms with Gasteiger partial charge in [-0.2, -0.15) is 0 Å². The Bertz CT molecular complexity index is 737. The molecule has 128 valence electrons. The van der Waals surface area contributed by atoms with Gasteiger partial charge in [-0.3, -0.25) is 4.98 Å². The summed E-state index contributed by atoms with van der Waals surface area (Å²) in [6, 6.07) is 9.25. The second-order valence-electron chi connectivity index (χ2n) is 5.72. The van der Waals surface area contributed by atoms with Crippen LogP contribution in [-0.2, 0) is 12.3 Å². The molecule has 0 aliphatic heterocycles. The van der Waals surface area contributed by atoms with E-state index in [1.165, 1.54) is 12.3 Å². The fraction of sp³-hybridized carbons (Fsp3) is 0.278. The van der Waals surface area contributed by atoms with Crippen LogP contribution < -0.4 is 11.1 Å². The van der Waals surface area contributed by atoms with E-state index in [0.29, 0.717) is 31.1 Å². The minimum absolute atomic E-state index is 0.351. The molecule has 0 amide bonds. The fourth-order valence-corrected chi connectivity index (χ4v) is 2.21. The van der Waals surface area contributed by atoms with Gasteiger partial charge in [0.25, 0.3) is 5.92 Å². The van der Waals surface area contributed by atoms with Crippen LogP contribution in [0.2, 0.25) is 0 Å². The summed E-state index contributed by atoms with van der Waals surface area (Å²) in [4.78, 5) is 4.38. The summed E-state index contributed by atoms with van der Waals surface area (Å²) in [6.45, 7) is 2.58. The average Bonchev–Trinajstić information content (AvgIpc) is 2.51. The molecule has 24 heavy (non-hydrogen) atoms. The number of aromatic nitrogens is 1. The monoisotopic (exact) mass is 335 g/mol. The summed E-state index contributed by atoms with van der Waals surface area (Å²) in [5.74, 6) is -4.18. The quantitative estimate of drug-likeness (QED) is 0.818. The highest BCUT2D eigenvalue weighted by Gasteiger charge is 2.28. The normalized spacial score (nSPS) is 12.3. The van der Waals surface area contributed by atoms with Gasteiger partial charge in [-0.15, -0.1) is 0 Å². The van der Waals surface area contributed by atoms with Crippen molar-refractivity contribution in [3.05, 3.63) is 71.1 Å². The van der Waals surface area contributed by atoms with Crippen molar-refractivity contribution in [3.8, 4) is 0 Å². The van der Waals surface area contributed by atoms with Crippen LogP contribution in [0.4, 0.5) is 18.9 Å². The van der Waals surface area contributed by atoms with E-state index in [4.69, 9.17) is 5.73 Å². The number of alkyl halides is 2. The Balaban J connectivity index is 1.99. The highest BCUT2D eigenvalue weighted by molar-refractivity contribution is 5.49. The number of rotatable bonds is 6. The molecule has 0 atom stereocenters. The molecule has 0 radical (unpaired) electrons. The second-order valence-corrected chi connectivity index (χ2v) is 5.72. The summed E-state index contributed by atoms with van der Waals surface area (Å²) in [7, 11) is 0. The van der Waals surface area contributed by atoms with Crippen molar-refractivity contribution in [3.63, 3.8) is 0 Å². The molecule has 2 aromatic rings. The SMILES string of the molecule is Cc1cccc(CC/C(N)=C/Nc2ccc(F)c(C(C)(F)F)c2)n1. The largest absolute Gasteiger partial charge is 0.401 e. The highest BCUT2D eigenvalue weighted by atomic mass is 19.3. The molecule has 1 aromatic carbocycles. The summed E-state index contributed by atoms with van der Waals surface area (Å²) < 4.78 is 40.1. The molecular weight excluding hydrogens is 315 g/mol. The van der Waals surface area contributed by atoms with Crippen LogP contribution in [0.3, 0.4) is 0 Å². The first-order valence-corrected chi connectivity index (χ1v) is 7.57. The maximum Gasteiger partial charge on any atom is 0.273 e. The number of anilines is 1. The van der Waals surface area contributed by atoms with Crippen LogP contribution in [0.15, 0.2) is 48.3 Å². The Labute approximate surface area is 139 Å². The number of aryl methyl sites for hydroxylation is 2. The standard InChI is InChI=1S/C18H20F3N3/c1-12-4-3-5-14(24-12)7-6-13(22)11-23-15-8-9-17(19)16(10-15)18(2,20)21/h3-5,8-11,23H,6-7,22H2,1-2H3/b13-11-. The molecule has 0 unspecified atom stereocenters. The van der Waals surface area contributed by atoms with Gasteiger partial charge >= 0.3 is 0 Å². The van der Waals surface area contributed by atoms with Crippen LogP contribution in [0.25, 0.3) is 0 Å². The molecule has 3 nitrogen and oxygen atoms in total. The molecule has 0 saturated carbocycles. The maximum absolute atomic E-state index is 13.5. The Morgan fingerprint density at radius 3 is 2.71 bits per heavy atom. The van der Waals surface area contributed by atoms with Gasteiger partial charge in [0, 0.05) is 35.9 Å². The zero-order valence-corrected chi connectivity index (χ0v) is 13.6. The Hall–Kier alpha value is -2.50. The van der Waals surface area contributed by atoms with Gasteiger partial charge in [0.05, 0.1) is 5.56 Å². The minimum atomic E-state index is -3.24. The van der Waals surface area contributed by atoms with E-state index in [1.807, 2.05) is 25.1 Å². The third-order valence-electron chi connectivity index (χ3n) is 3.48. The Kier molecular flexibility index (Phi) is 5.49. The van der Waals surface area contributed by atoms with E-state index in [9.17, 15) is 13.2 Å². The Morgan fingerprint density at radius 2 is 2.04 bits per heavy atom. The predicted octanol–water partition coefficient (Wildman–Crippen LogP) is 4.49. The molecule has 2 rings (SSSR count). The first-order chi connectivity index (χ1) is 11.3. The van der Waals surface area contributed by atoms with Gasteiger partial charge in [0.15, 0.2) is 0 Å². The number of hydrogen-bond donors (Lipinski definition) is 2. The van der Waals surface area contributed by atoms with Crippen LogP contribution in [-0.4, -0.2) is 4.98 Å². The van der Waals surface area contributed by atoms with E-state index in [-0.39, 0.29) is 0 Å². The van der Waals surface area contributed by atoms with Gasteiger partial charge in [0.1, 0.15) is 5.82 Å². The van der Waals surface area contributed by atoms with Crippen LogP contribution >= 0.6 is 0 Å². The molecule has 0 saturated heterocycles. The zero-order chi connectivity index (χ0) is 17.7. The van der Waals surface area contributed by atoms with Gasteiger partial charge < -0.3 is 11.1 Å². The minimum Gasteiger partial charge on any atom is -0.401 e. The first-order valence-electron chi connectivity index (χ1n) is 7.57. The molecule has 0 bridgehead atoms. The number of pyridine rings is 1. The number of benzene rings is 1. The average molecular weight is 335 g/mol. The molecule has 0 fully saturated rings. The molecular formula is C18H20F3N3. The summed E-state index contributed by atoms with van der Waals surface area (Å²) in [5.41, 5.74) is 8.03. The number of nitrogens with zero attached hydrogens (tertiary/aromatic N) is 1. The predicted molar refractivity (Wildman–Crippen MR) is 89.2 cm³/mol. The molecule has 1 heterocycles. The van der Waals surface area contributed by atoms with Crippen molar-refractivity contribution in [1.82, 2.24) is 4.98 Å². The van der Waals surface area contributed by atoms with E-state index in [2.05, 4.69) is 10.3 Å². The summed E-state index contributed by atoms with van der Waals surface area (Å²) in [5, 5.41) is 2.82. The van der Waals surface area contributed by atoms with Gasteiger partial charge in [-0.25, -0.2) is 13.2 Å². The number of hydrogen-bond acceptors (Lipinski definition) is 3. The fourth-order valence-electron chi connectivity index (χ4n) is 2.21. The maximum atomic E-state index is 13.5. The van der Waals surface area contributed by atoms with E-state index in [0.717, 1.165) is 23.5 Å². The summed E-state index contributed by atoms with van der Waals surface area (Å²) >= 11 is 0. The lowest BCUT2D eigenvalue weighted by atomic mass is 10.1. The van der Waals surface area contributed by atoms with Crippen molar-refractivity contribution in [1.29, 1.82) is 0 Å². The van der Waals surface area contributed by atoms with Crippen molar-refractivity contribution < 1.29 is 13.2 Å². The van der Waals surface area contributed by atoms with Crippen LogP contribution in [0.1, 0.15) is 30.3 Å². The molecule has 1 aromatic heterocycles. The van der Waals surface area contributed by atoms with Crippen molar-refractivity contribution in [2.24, 2.45) is 5.73 Å². The van der Waals surface area contributed by atoms with Crippen LogP contribution in [0.5, 0.6) is 0 Å². The number of allylic oxidation sites excluding steroid dienone is 1. The lowest BCUT2D eigenvalue weighted by Crippen LogP contribution is -2.10. The number of nitrogens with two attached hydrogens (primary N) is 1. The van der Waals surface area contributed by atoms with Crippen molar-refractivity contribution in [2.75, 3.05) is 5.32 Å². The zero-order valence-electron chi connectivity index (χ0n) is 13.6. The lowest BCUT2D eigenvalue weighted by Gasteiger charge is -2.13. The first kappa shape index (κ1) is 17.8. The lowest BCUT2D eigenvalue weighted by molar-refractivity contribution is 0.0138. The third-order valence-corrected chi connectivity index (χ3v) is 3.48. The van der Waals surface area contributed by atoms with E-state index >= 15 is 0 Å².